The highest BCUT2D eigenvalue weighted by Crippen LogP contribution is 2.30. The first kappa shape index (κ1) is 45.7. The Morgan fingerprint density at radius 3 is 1.95 bits per heavy atom. The van der Waals surface area contributed by atoms with Gasteiger partial charge in [0.2, 0.25) is 0 Å². The van der Waals surface area contributed by atoms with Crippen LogP contribution in [-0.2, 0) is 39.9 Å². The minimum atomic E-state index is -0.982. The number of rotatable bonds is 22. The SMILES string of the molecule is COC(=O)c1ccc(COC(=O)CNC(=O)C(OC(C)CCOc2cccc(NC(=O)C(OC(C)C)C(N)CC3CCCCC3)c2)C(N)CC2CCCCC2)cc1. The standard InChI is InChI=1S/C44H66N4O9/c1-29(2)56-41(38(46)25-32-14-9-6-10-15-32)43(51)48-35-16-11-17-36(26-35)54-23-22-30(3)57-40(37(45)24-31-12-7-5-8-13-31)42(50)47-27-39(49)55-28-33-18-20-34(21-19-33)44(52)53-4/h11,16-21,26,29-32,37-38,40-41H,5-10,12-15,22-25,27-28,45-46H2,1-4H3,(H,47,50)(H,48,51). The molecule has 2 saturated carbocycles. The molecule has 13 nitrogen and oxygen atoms in total. The molecule has 0 aliphatic heterocycles. The molecule has 4 rings (SSSR count). The molecule has 316 valence electrons. The predicted molar refractivity (Wildman–Crippen MR) is 218 cm³/mol. The van der Waals surface area contributed by atoms with Gasteiger partial charge in [0.05, 0.1) is 31.5 Å². The monoisotopic (exact) mass is 794 g/mol. The highest BCUT2D eigenvalue weighted by Gasteiger charge is 2.32. The Morgan fingerprint density at radius 1 is 0.772 bits per heavy atom. The number of benzene rings is 2. The molecular weight excluding hydrogens is 729 g/mol. The minimum absolute atomic E-state index is 0.0226. The summed E-state index contributed by atoms with van der Waals surface area (Å²) in [6.45, 7) is 5.58. The summed E-state index contributed by atoms with van der Waals surface area (Å²) >= 11 is 0. The van der Waals surface area contributed by atoms with Gasteiger partial charge in [0.15, 0.2) is 12.2 Å². The van der Waals surface area contributed by atoms with Crippen molar-refractivity contribution in [3.63, 3.8) is 0 Å². The molecule has 57 heavy (non-hydrogen) atoms. The van der Waals surface area contributed by atoms with Crippen LogP contribution in [0.5, 0.6) is 5.75 Å². The van der Waals surface area contributed by atoms with Gasteiger partial charge in [0, 0.05) is 30.3 Å². The average molecular weight is 795 g/mol. The van der Waals surface area contributed by atoms with Crippen LogP contribution in [0.15, 0.2) is 48.5 Å². The van der Waals surface area contributed by atoms with E-state index in [2.05, 4.69) is 10.6 Å². The summed E-state index contributed by atoms with van der Waals surface area (Å²) in [5.74, 6) is -0.344. The number of ether oxygens (including phenoxy) is 5. The van der Waals surface area contributed by atoms with Gasteiger partial charge < -0.3 is 45.8 Å². The molecule has 13 heteroatoms. The summed E-state index contributed by atoms with van der Waals surface area (Å²) in [7, 11) is 1.31. The fourth-order valence-corrected chi connectivity index (χ4v) is 7.74. The van der Waals surface area contributed by atoms with E-state index in [-0.39, 0.29) is 31.8 Å². The Morgan fingerprint density at radius 2 is 1.37 bits per heavy atom. The average Bonchev–Trinajstić information content (AvgIpc) is 3.20. The largest absolute Gasteiger partial charge is 0.493 e. The lowest BCUT2D eigenvalue weighted by molar-refractivity contribution is -0.148. The quantitative estimate of drug-likeness (QED) is 0.0993. The van der Waals surface area contributed by atoms with Crippen LogP contribution < -0.4 is 26.8 Å². The van der Waals surface area contributed by atoms with E-state index in [4.69, 9.17) is 35.2 Å². The smallest absolute Gasteiger partial charge is 0.337 e. The van der Waals surface area contributed by atoms with Gasteiger partial charge >= 0.3 is 11.9 Å². The number of esters is 2. The zero-order valence-electron chi connectivity index (χ0n) is 34.4. The fourth-order valence-electron chi connectivity index (χ4n) is 7.74. The van der Waals surface area contributed by atoms with Gasteiger partial charge in [-0.1, -0.05) is 82.4 Å². The van der Waals surface area contributed by atoms with Gasteiger partial charge in [0.25, 0.3) is 11.8 Å². The maximum Gasteiger partial charge on any atom is 0.337 e. The maximum atomic E-state index is 13.5. The summed E-state index contributed by atoms with van der Waals surface area (Å²) < 4.78 is 28.4. The second kappa shape index (κ2) is 24.0. The molecule has 0 heterocycles. The zero-order valence-corrected chi connectivity index (χ0v) is 34.4. The van der Waals surface area contributed by atoms with Crippen molar-refractivity contribution in [2.45, 2.75) is 147 Å². The number of nitrogens with one attached hydrogen (secondary N) is 2. The van der Waals surface area contributed by atoms with Crippen LogP contribution in [0.1, 0.15) is 120 Å². The van der Waals surface area contributed by atoms with E-state index in [9.17, 15) is 19.2 Å². The third-order valence-corrected chi connectivity index (χ3v) is 10.8. The highest BCUT2D eigenvalue weighted by molar-refractivity contribution is 5.95. The molecule has 0 bridgehead atoms. The van der Waals surface area contributed by atoms with Crippen molar-refractivity contribution in [1.82, 2.24) is 5.32 Å². The Labute approximate surface area is 338 Å². The van der Waals surface area contributed by atoms with Crippen molar-refractivity contribution in [3.05, 3.63) is 59.7 Å². The summed E-state index contributed by atoms with van der Waals surface area (Å²) in [6, 6.07) is 12.7. The molecule has 5 unspecified atom stereocenters. The van der Waals surface area contributed by atoms with Crippen LogP contribution in [0.4, 0.5) is 5.69 Å². The van der Waals surface area contributed by atoms with E-state index >= 15 is 0 Å². The van der Waals surface area contributed by atoms with E-state index in [1.165, 1.54) is 32.8 Å². The first-order valence-corrected chi connectivity index (χ1v) is 20.9. The fraction of sp³-hybridized carbons (Fsp3) is 0.636. The first-order chi connectivity index (χ1) is 27.4. The van der Waals surface area contributed by atoms with Crippen molar-refractivity contribution >= 4 is 29.4 Å². The molecule has 0 spiro atoms. The van der Waals surface area contributed by atoms with E-state index < -0.39 is 48.2 Å². The topological polar surface area (TPSA) is 191 Å². The highest BCUT2D eigenvalue weighted by atomic mass is 16.5. The number of hydrogen-bond acceptors (Lipinski definition) is 11. The van der Waals surface area contributed by atoms with Crippen LogP contribution in [-0.4, -0.2) is 80.5 Å². The zero-order chi connectivity index (χ0) is 41.2. The lowest BCUT2D eigenvalue weighted by Gasteiger charge is -2.30. The van der Waals surface area contributed by atoms with Crippen molar-refractivity contribution < 1.29 is 42.9 Å². The molecule has 2 amide bonds. The molecule has 2 aliphatic carbocycles. The predicted octanol–water partition coefficient (Wildman–Crippen LogP) is 6.20. The molecule has 2 aromatic rings. The van der Waals surface area contributed by atoms with Gasteiger partial charge in [-0.05, 0) is 75.3 Å². The molecule has 0 saturated heterocycles. The number of hydrogen-bond donors (Lipinski definition) is 4. The van der Waals surface area contributed by atoms with Crippen LogP contribution in [0, 0.1) is 11.8 Å². The van der Waals surface area contributed by atoms with Crippen LogP contribution in [0.2, 0.25) is 0 Å². The summed E-state index contributed by atoms with van der Waals surface area (Å²) in [5.41, 5.74) is 14.9. The lowest BCUT2D eigenvalue weighted by Crippen LogP contribution is -2.51. The molecule has 2 fully saturated rings. The molecule has 2 aromatic carbocycles. The van der Waals surface area contributed by atoms with Crippen molar-refractivity contribution in [1.29, 1.82) is 0 Å². The Hall–Kier alpha value is -4.04. The van der Waals surface area contributed by atoms with E-state index in [0.29, 0.717) is 47.2 Å². The lowest BCUT2D eigenvalue weighted by atomic mass is 9.84. The molecule has 0 radical (unpaired) electrons. The van der Waals surface area contributed by atoms with Crippen molar-refractivity contribution in [3.8, 4) is 5.75 Å². The second-order valence-electron chi connectivity index (χ2n) is 16.0. The number of nitrogens with two attached hydrogens (primary N) is 2. The van der Waals surface area contributed by atoms with E-state index in [1.807, 2.05) is 32.9 Å². The number of anilines is 1. The number of methoxy groups -OCH3 is 1. The molecular formula is C44H66N4O9. The van der Waals surface area contributed by atoms with Crippen LogP contribution >= 0.6 is 0 Å². The Bertz CT molecular complexity index is 1540. The molecule has 0 aromatic heterocycles. The van der Waals surface area contributed by atoms with Gasteiger partial charge in [-0.2, -0.15) is 0 Å². The number of carbonyl (C=O) groups is 4. The summed E-state index contributed by atoms with van der Waals surface area (Å²) in [6.07, 6.45) is 11.1. The minimum Gasteiger partial charge on any atom is -0.493 e. The van der Waals surface area contributed by atoms with Gasteiger partial charge in [-0.3, -0.25) is 14.4 Å². The first-order valence-electron chi connectivity index (χ1n) is 20.9. The normalized spacial score (nSPS) is 17.8. The second-order valence-corrected chi connectivity index (χ2v) is 16.0. The molecule has 5 atom stereocenters. The molecule has 6 N–H and O–H groups in total. The van der Waals surface area contributed by atoms with Crippen LogP contribution in [0.25, 0.3) is 0 Å². The van der Waals surface area contributed by atoms with E-state index in [0.717, 1.165) is 44.9 Å². The third-order valence-electron chi connectivity index (χ3n) is 10.8. The van der Waals surface area contributed by atoms with Crippen molar-refractivity contribution in [2.24, 2.45) is 23.3 Å². The Balaban J connectivity index is 1.28. The van der Waals surface area contributed by atoms with Gasteiger partial charge in [-0.15, -0.1) is 0 Å². The van der Waals surface area contributed by atoms with Gasteiger partial charge in [-0.25, -0.2) is 4.79 Å². The van der Waals surface area contributed by atoms with Gasteiger partial charge in [0.1, 0.15) is 18.9 Å². The van der Waals surface area contributed by atoms with Crippen LogP contribution in [0.3, 0.4) is 0 Å². The third kappa shape index (κ3) is 16.0. The number of carbonyl (C=O) groups excluding carboxylic acids is 4. The summed E-state index contributed by atoms with van der Waals surface area (Å²) in [5, 5.41) is 5.64. The molecule has 2 aliphatic rings. The van der Waals surface area contributed by atoms with E-state index in [1.54, 1.807) is 36.4 Å². The number of amides is 2. The Kier molecular flexibility index (Phi) is 19.2. The maximum absolute atomic E-state index is 13.5. The summed E-state index contributed by atoms with van der Waals surface area (Å²) in [4.78, 5) is 51.2. The van der Waals surface area contributed by atoms with Crippen molar-refractivity contribution in [2.75, 3.05) is 25.6 Å².